The lowest BCUT2D eigenvalue weighted by molar-refractivity contribution is -0.142. The molecule has 0 aliphatic heterocycles. The van der Waals surface area contributed by atoms with Crippen LogP contribution in [0.2, 0.25) is 0 Å². The molecular weight excluding hydrogens is 332 g/mol. The van der Waals surface area contributed by atoms with Crippen molar-refractivity contribution in [3.05, 3.63) is 71.8 Å². The molecule has 0 fully saturated rings. The van der Waals surface area contributed by atoms with Gasteiger partial charge in [-0.1, -0.05) is 48.5 Å². The predicted molar refractivity (Wildman–Crippen MR) is 95.1 cm³/mol. The number of aliphatic carboxylic acids is 1. The lowest BCUT2D eigenvalue weighted by Crippen LogP contribution is -2.52. The van der Waals surface area contributed by atoms with E-state index in [9.17, 15) is 19.5 Å². The summed E-state index contributed by atoms with van der Waals surface area (Å²) in [4.78, 5) is 35.5. The van der Waals surface area contributed by atoms with Gasteiger partial charge < -0.3 is 15.7 Å². The molecule has 0 saturated heterocycles. The minimum Gasteiger partial charge on any atom is -0.480 e. The predicted octanol–water partition coefficient (Wildman–Crippen LogP) is 1.15. The van der Waals surface area contributed by atoms with E-state index in [1.165, 1.54) is 6.92 Å². The molecule has 0 unspecified atom stereocenters. The number of carbonyl (C=O) groups is 3. The van der Waals surface area contributed by atoms with E-state index in [4.69, 9.17) is 0 Å². The number of carbonyl (C=O) groups excluding carboxylic acids is 2. The van der Waals surface area contributed by atoms with Gasteiger partial charge in [0.25, 0.3) is 0 Å². The Bertz CT molecular complexity index is 747. The van der Waals surface area contributed by atoms with Crippen molar-refractivity contribution < 1.29 is 19.5 Å². The van der Waals surface area contributed by atoms with Gasteiger partial charge in [0.15, 0.2) is 0 Å². The van der Waals surface area contributed by atoms with Crippen LogP contribution in [0.5, 0.6) is 0 Å². The van der Waals surface area contributed by atoms with Crippen LogP contribution >= 0.6 is 0 Å². The molecule has 2 amide bonds. The van der Waals surface area contributed by atoms with Crippen LogP contribution in [0.3, 0.4) is 0 Å². The molecule has 0 radical (unpaired) electrons. The van der Waals surface area contributed by atoms with E-state index in [1.807, 2.05) is 6.07 Å². The Morgan fingerprint density at radius 3 is 2.31 bits per heavy atom. The van der Waals surface area contributed by atoms with Gasteiger partial charge in [0.1, 0.15) is 12.1 Å². The molecule has 2 atom stereocenters. The van der Waals surface area contributed by atoms with Crippen molar-refractivity contribution in [3.63, 3.8) is 0 Å². The maximum absolute atomic E-state index is 12.6. The number of carboxylic acid groups (broad SMARTS) is 1. The lowest BCUT2D eigenvalue weighted by Gasteiger charge is -2.21. The van der Waals surface area contributed by atoms with Crippen molar-refractivity contribution in [3.8, 4) is 0 Å². The van der Waals surface area contributed by atoms with Gasteiger partial charge >= 0.3 is 5.97 Å². The molecule has 134 valence electrons. The van der Waals surface area contributed by atoms with Crippen LogP contribution in [0.1, 0.15) is 18.1 Å². The highest BCUT2D eigenvalue weighted by atomic mass is 16.4. The zero-order chi connectivity index (χ0) is 18.9. The van der Waals surface area contributed by atoms with Crippen LogP contribution in [0.25, 0.3) is 0 Å². The number of nitrogens with one attached hydrogen (secondary N) is 2. The summed E-state index contributed by atoms with van der Waals surface area (Å²) in [5, 5.41) is 14.5. The first-order chi connectivity index (χ1) is 12.5. The fraction of sp³-hybridized carbons (Fsp3) is 0.250. The Balaban J connectivity index is 2.09. The molecule has 0 aromatic heterocycles. The van der Waals surface area contributed by atoms with Gasteiger partial charge in [0, 0.05) is 25.3 Å². The zero-order valence-electron chi connectivity index (χ0n) is 14.4. The smallest absolute Gasteiger partial charge is 0.326 e. The first kappa shape index (κ1) is 19.0. The van der Waals surface area contributed by atoms with E-state index in [0.29, 0.717) is 5.56 Å². The van der Waals surface area contributed by atoms with Crippen LogP contribution in [0, 0.1) is 12.1 Å². The Morgan fingerprint density at radius 1 is 1.00 bits per heavy atom. The van der Waals surface area contributed by atoms with Crippen LogP contribution in [-0.4, -0.2) is 35.0 Å². The second-order valence-electron chi connectivity index (χ2n) is 5.87. The minimum atomic E-state index is -1.14. The van der Waals surface area contributed by atoms with E-state index in [0.717, 1.165) is 5.56 Å². The summed E-state index contributed by atoms with van der Waals surface area (Å²) in [5.41, 5.74) is 1.48. The van der Waals surface area contributed by atoms with Crippen LogP contribution in [0.4, 0.5) is 0 Å². The van der Waals surface area contributed by atoms with Crippen LogP contribution in [0.15, 0.2) is 48.5 Å². The molecular formula is C20H20N2O4. The van der Waals surface area contributed by atoms with Crippen molar-refractivity contribution in [1.82, 2.24) is 10.6 Å². The van der Waals surface area contributed by atoms with Gasteiger partial charge in [0.2, 0.25) is 11.8 Å². The Kier molecular flexibility index (Phi) is 6.75. The lowest BCUT2D eigenvalue weighted by atomic mass is 10.0. The molecule has 0 spiro atoms. The third kappa shape index (κ3) is 5.95. The summed E-state index contributed by atoms with van der Waals surface area (Å²) >= 11 is 0. The maximum atomic E-state index is 12.6. The summed E-state index contributed by atoms with van der Waals surface area (Å²) in [6.45, 7) is 1.31. The van der Waals surface area contributed by atoms with Crippen LogP contribution < -0.4 is 10.6 Å². The fourth-order valence-corrected chi connectivity index (χ4v) is 2.50. The quantitative estimate of drug-likeness (QED) is 0.664. The summed E-state index contributed by atoms with van der Waals surface area (Å²) in [5.74, 6) is -2.07. The molecule has 0 bridgehead atoms. The number of benzene rings is 1. The van der Waals surface area contributed by atoms with Crippen molar-refractivity contribution in [2.24, 2.45) is 0 Å². The summed E-state index contributed by atoms with van der Waals surface area (Å²) in [6.07, 6.45) is 0.348. The van der Waals surface area contributed by atoms with Crippen molar-refractivity contribution >= 4 is 17.8 Å². The first-order valence-electron chi connectivity index (χ1n) is 8.17. The van der Waals surface area contributed by atoms with Gasteiger partial charge in [-0.25, -0.2) is 4.79 Å². The first-order valence-corrected chi connectivity index (χ1v) is 8.17. The Morgan fingerprint density at radius 2 is 1.73 bits per heavy atom. The Hall–Kier alpha value is -3.33. The second kappa shape index (κ2) is 9.23. The van der Waals surface area contributed by atoms with E-state index < -0.39 is 24.0 Å². The standard InChI is InChI=1S/C20H20N2O4/c1-14(23)21-17(12-15-8-4-2-5-9-15)19(24)22-18(20(25)26)13-16-10-6-3-7-11-16/h2-4,6-8,10-11,17-18H,12-13H2,1H3,(H,21,23)(H,22,24)(H,25,26)/t17-,18-/m0/s1. The van der Waals surface area contributed by atoms with Gasteiger partial charge in [-0.15, -0.1) is 0 Å². The Labute approximate surface area is 152 Å². The molecule has 2 aromatic carbocycles. The molecule has 0 aliphatic rings. The van der Waals surface area contributed by atoms with E-state index in [2.05, 4.69) is 22.8 Å². The SMILES string of the molecule is CC(=O)N[C@@H](Cc1c#cccc1)C(=O)N[C@@H](Cc1ccccc1)C(=O)O. The van der Waals surface area contributed by atoms with Crippen molar-refractivity contribution in [2.45, 2.75) is 31.8 Å². The summed E-state index contributed by atoms with van der Waals surface area (Å²) in [7, 11) is 0. The molecule has 0 aliphatic carbocycles. The minimum absolute atomic E-state index is 0.153. The third-order valence-electron chi connectivity index (χ3n) is 3.72. The monoisotopic (exact) mass is 352 g/mol. The fourth-order valence-electron chi connectivity index (χ4n) is 2.50. The van der Waals surface area contributed by atoms with Crippen molar-refractivity contribution in [1.29, 1.82) is 0 Å². The number of hydrogen-bond acceptors (Lipinski definition) is 3. The van der Waals surface area contributed by atoms with Gasteiger partial charge in [-0.05, 0) is 17.7 Å². The molecule has 2 aromatic rings. The van der Waals surface area contributed by atoms with E-state index in [-0.39, 0.29) is 18.7 Å². The number of carboxylic acids is 1. The highest BCUT2D eigenvalue weighted by Crippen LogP contribution is 2.05. The van der Waals surface area contributed by atoms with Crippen LogP contribution in [-0.2, 0) is 27.2 Å². The highest BCUT2D eigenvalue weighted by Gasteiger charge is 2.26. The van der Waals surface area contributed by atoms with Crippen molar-refractivity contribution in [2.75, 3.05) is 0 Å². The number of hydrogen-bond donors (Lipinski definition) is 3. The maximum Gasteiger partial charge on any atom is 0.326 e. The van der Waals surface area contributed by atoms with Gasteiger partial charge in [-0.3, -0.25) is 9.59 Å². The molecule has 0 saturated carbocycles. The average molecular weight is 352 g/mol. The molecule has 6 heteroatoms. The molecule has 6 nitrogen and oxygen atoms in total. The number of amides is 2. The largest absolute Gasteiger partial charge is 0.480 e. The number of rotatable bonds is 8. The molecule has 3 N–H and O–H groups in total. The van der Waals surface area contributed by atoms with Gasteiger partial charge in [0.05, 0.1) is 0 Å². The highest BCUT2D eigenvalue weighted by molar-refractivity contribution is 5.90. The summed E-state index contributed by atoms with van der Waals surface area (Å²) in [6, 6.07) is 17.9. The topological polar surface area (TPSA) is 95.5 Å². The molecule has 0 heterocycles. The van der Waals surface area contributed by atoms with Gasteiger partial charge in [-0.2, -0.15) is 0 Å². The van der Waals surface area contributed by atoms with E-state index in [1.54, 1.807) is 42.5 Å². The zero-order valence-corrected chi connectivity index (χ0v) is 14.4. The third-order valence-corrected chi connectivity index (χ3v) is 3.72. The second-order valence-corrected chi connectivity index (χ2v) is 5.87. The average Bonchev–Trinajstić information content (AvgIpc) is 2.62. The normalized spacial score (nSPS) is 12.3. The molecule has 2 rings (SSSR count). The summed E-state index contributed by atoms with van der Waals surface area (Å²) < 4.78 is 0. The molecule has 26 heavy (non-hydrogen) atoms. The van der Waals surface area contributed by atoms with E-state index >= 15 is 0 Å².